The summed E-state index contributed by atoms with van der Waals surface area (Å²) in [7, 11) is 0. The third kappa shape index (κ3) is 5.63. The zero-order chi connectivity index (χ0) is 23.5. The van der Waals surface area contributed by atoms with Gasteiger partial charge in [0.05, 0.1) is 17.7 Å². The fraction of sp³-hybridized carbons (Fsp3) is 0.217. The van der Waals surface area contributed by atoms with Crippen LogP contribution in [-0.2, 0) is 16.0 Å². The molecule has 0 saturated carbocycles. The topological polar surface area (TPSA) is 101 Å². The quantitative estimate of drug-likeness (QED) is 0.533. The highest BCUT2D eigenvalue weighted by molar-refractivity contribution is 5.93. The van der Waals surface area contributed by atoms with E-state index in [9.17, 15) is 23.5 Å². The van der Waals surface area contributed by atoms with Crippen LogP contribution < -0.4 is 5.32 Å². The first-order valence-electron chi connectivity index (χ1n) is 9.67. The molecular formula is C23H21F2N3O4. The molecule has 2 aromatic carbocycles. The van der Waals surface area contributed by atoms with Gasteiger partial charge in [-0.2, -0.15) is 0 Å². The molecule has 166 valence electrons. The second kappa shape index (κ2) is 9.09. The lowest BCUT2D eigenvalue weighted by Crippen LogP contribution is -2.24. The summed E-state index contributed by atoms with van der Waals surface area (Å²) in [6, 6.07) is 11.2. The maximum atomic E-state index is 14.1. The zero-order valence-electron chi connectivity index (χ0n) is 17.6. The summed E-state index contributed by atoms with van der Waals surface area (Å²) < 4.78 is 33.5. The predicted molar refractivity (Wildman–Crippen MR) is 114 cm³/mol. The molecule has 7 nitrogen and oxygen atoms in total. The first kappa shape index (κ1) is 22.8. The summed E-state index contributed by atoms with van der Waals surface area (Å²) in [5.41, 5.74) is -0.385. The number of nitrogens with zero attached hydrogens (tertiary/aromatic N) is 2. The Morgan fingerprint density at radius 3 is 2.22 bits per heavy atom. The molecule has 3 aromatic rings. The lowest BCUT2D eigenvalue weighted by Gasteiger charge is -2.19. The molecule has 0 saturated heterocycles. The average Bonchev–Trinajstić information content (AvgIpc) is 2.68. The molecule has 9 heteroatoms. The monoisotopic (exact) mass is 441 g/mol. The molecule has 0 unspecified atom stereocenters. The van der Waals surface area contributed by atoms with E-state index in [4.69, 9.17) is 4.74 Å². The number of hydrogen-bond acceptors (Lipinski definition) is 6. The van der Waals surface area contributed by atoms with E-state index in [-0.39, 0.29) is 23.8 Å². The number of carbonyl (C=O) groups is 2. The van der Waals surface area contributed by atoms with Gasteiger partial charge in [0, 0.05) is 5.69 Å². The van der Waals surface area contributed by atoms with Crippen molar-refractivity contribution in [2.45, 2.75) is 32.8 Å². The Hall–Kier alpha value is -3.88. The van der Waals surface area contributed by atoms with Crippen LogP contribution in [-0.4, -0.2) is 32.8 Å². The van der Waals surface area contributed by atoms with Gasteiger partial charge in [0.2, 0.25) is 0 Å². The molecule has 0 fully saturated rings. The Balaban J connectivity index is 1.86. The average molecular weight is 441 g/mol. The van der Waals surface area contributed by atoms with E-state index < -0.39 is 34.5 Å². The van der Waals surface area contributed by atoms with Crippen LogP contribution in [0.15, 0.2) is 48.5 Å². The lowest BCUT2D eigenvalue weighted by atomic mass is 10.1. The second-order valence-corrected chi connectivity index (χ2v) is 7.98. The van der Waals surface area contributed by atoms with Crippen LogP contribution in [0.3, 0.4) is 0 Å². The molecule has 0 atom stereocenters. The normalized spacial score (nSPS) is 11.2. The van der Waals surface area contributed by atoms with Crippen molar-refractivity contribution in [3.8, 4) is 11.3 Å². The molecule has 3 rings (SSSR count). The SMILES string of the molecule is CC(C)(C)OC(=O)Cc1ccc(Nc2cc(-c3c(F)cccc3F)nnc2C(=O)O)cc1. The molecule has 0 spiro atoms. The van der Waals surface area contributed by atoms with Crippen molar-refractivity contribution in [2.75, 3.05) is 5.32 Å². The number of nitrogens with one attached hydrogen (secondary N) is 1. The third-order valence-corrected chi connectivity index (χ3v) is 4.22. The van der Waals surface area contributed by atoms with Gasteiger partial charge in [0.25, 0.3) is 0 Å². The van der Waals surface area contributed by atoms with Crippen molar-refractivity contribution in [3.05, 3.63) is 71.4 Å². The number of carboxylic acids is 1. The van der Waals surface area contributed by atoms with Gasteiger partial charge in [-0.1, -0.05) is 18.2 Å². The predicted octanol–water partition coefficient (Wildman–Crippen LogP) is 4.75. The standard InChI is InChI=1S/C23H21F2N3O4/c1-23(2,3)32-19(29)11-13-7-9-14(10-8-13)26-18-12-17(27-28-21(18)22(30)31)20-15(24)5-4-6-16(20)25/h4-10,12H,11H2,1-3H3,(H,26,27)(H,30,31). The number of benzene rings is 2. The highest BCUT2D eigenvalue weighted by atomic mass is 19.1. The van der Waals surface area contributed by atoms with Crippen LogP contribution in [0.25, 0.3) is 11.3 Å². The summed E-state index contributed by atoms with van der Waals surface area (Å²) in [6.45, 7) is 5.34. The van der Waals surface area contributed by atoms with Gasteiger partial charge < -0.3 is 15.2 Å². The number of hydrogen-bond donors (Lipinski definition) is 2. The van der Waals surface area contributed by atoms with Gasteiger partial charge in [-0.25, -0.2) is 13.6 Å². The van der Waals surface area contributed by atoms with Crippen molar-refractivity contribution in [3.63, 3.8) is 0 Å². The molecule has 32 heavy (non-hydrogen) atoms. The minimum atomic E-state index is -1.36. The van der Waals surface area contributed by atoms with Crippen LogP contribution >= 0.6 is 0 Å². The Morgan fingerprint density at radius 1 is 1.03 bits per heavy atom. The highest BCUT2D eigenvalue weighted by Crippen LogP contribution is 2.28. The number of carbonyl (C=O) groups excluding carboxylic acids is 1. The molecule has 0 radical (unpaired) electrons. The summed E-state index contributed by atoms with van der Waals surface area (Å²) in [6.07, 6.45) is 0.0748. The van der Waals surface area contributed by atoms with Gasteiger partial charge in [0.1, 0.15) is 22.9 Å². The maximum absolute atomic E-state index is 14.1. The van der Waals surface area contributed by atoms with E-state index in [0.717, 1.165) is 12.1 Å². The maximum Gasteiger partial charge on any atom is 0.358 e. The number of carboxylic acid groups (broad SMARTS) is 1. The molecule has 1 aromatic heterocycles. The van der Waals surface area contributed by atoms with Gasteiger partial charge in [0.15, 0.2) is 5.69 Å². The first-order valence-corrected chi connectivity index (χ1v) is 9.67. The Bertz CT molecular complexity index is 1140. The first-order chi connectivity index (χ1) is 15.0. The summed E-state index contributed by atoms with van der Waals surface area (Å²) in [5, 5.41) is 19.6. The van der Waals surface area contributed by atoms with E-state index in [1.165, 1.54) is 12.1 Å². The van der Waals surface area contributed by atoms with E-state index in [1.54, 1.807) is 45.0 Å². The number of halogens is 2. The number of rotatable bonds is 6. The minimum Gasteiger partial charge on any atom is -0.476 e. The van der Waals surface area contributed by atoms with Crippen molar-refractivity contribution in [2.24, 2.45) is 0 Å². The van der Waals surface area contributed by atoms with E-state index in [2.05, 4.69) is 15.5 Å². The van der Waals surface area contributed by atoms with Gasteiger partial charge in [-0.3, -0.25) is 4.79 Å². The smallest absolute Gasteiger partial charge is 0.358 e. The van der Waals surface area contributed by atoms with Crippen LogP contribution in [0.2, 0.25) is 0 Å². The Labute approximate surface area is 183 Å². The van der Waals surface area contributed by atoms with E-state index in [1.807, 2.05) is 0 Å². The molecule has 1 heterocycles. The van der Waals surface area contributed by atoms with Crippen molar-refractivity contribution in [1.29, 1.82) is 0 Å². The Morgan fingerprint density at radius 2 is 1.66 bits per heavy atom. The van der Waals surface area contributed by atoms with E-state index >= 15 is 0 Å². The summed E-state index contributed by atoms with van der Waals surface area (Å²) >= 11 is 0. The minimum absolute atomic E-state index is 0.00467. The van der Waals surface area contributed by atoms with Crippen LogP contribution in [0.4, 0.5) is 20.2 Å². The van der Waals surface area contributed by atoms with Gasteiger partial charge >= 0.3 is 11.9 Å². The molecule has 0 bridgehead atoms. The number of anilines is 2. The highest BCUT2D eigenvalue weighted by Gasteiger charge is 2.19. The van der Waals surface area contributed by atoms with Crippen LogP contribution in [0.5, 0.6) is 0 Å². The molecular weight excluding hydrogens is 420 g/mol. The number of ether oxygens (including phenoxy) is 1. The number of esters is 1. The third-order valence-electron chi connectivity index (χ3n) is 4.22. The van der Waals surface area contributed by atoms with Crippen molar-refractivity contribution in [1.82, 2.24) is 10.2 Å². The van der Waals surface area contributed by atoms with Crippen LogP contribution in [0, 0.1) is 11.6 Å². The van der Waals surface area contributed by atoms with Crippen molar-refractivity contribution >= 4 is 23.3 Å². The van der Waals surface area contributed by atoms with Gasteiger partial charge in [-0.15, -0.1) is 10.2 Å². The number of aromatic nitrogens is 2. The number of aromatic carboxylic acids is 1. The second-order valence-electron chi connectivity index (χ2n) is 7.98. The summed E-state index contributed by atoms with van der Waals surface area (Å²) in [5.74, 6) is -3.43. The summed E-state index contributed by atoms with van der Waals surface area (Å²) in [4.78, 5) is 23.5. The fourth-order valence-electron chi connectivity index (χ4n) is 2.92. The van der Waals surface area contributed by atoms with E-state index in [0.29, 0.717) is 11.3 Å². The van der Waals surface area contributed by atoms with Gasteiger partial charge in [-0.05, 0) is 56.7 Å². The molecule has 0 aliphatic carbocycles. The molecule has 2 N–H and O–H groups in total. The lowest BCUT2D eigenvalue weighted by molar-refractivity contribution is -0.153. The Kier molecular flexibility index (Phi) is 6.47. The molecule has 0 aliphatic rings. The molecule has 0 amide bonds. The zero-order valence-corrected chi connectivity index (χ0v) is 17.6. The molecule has 0 aliphatic heterocycles. The largest absolute Gasteiger partial charge is 0.476 e. The van der Waals surface area contributed by atoms with Crippen molar-refractivity contribution < 1.29 is 28.2 Å². The van der Waals surface area contributed by atoms with Crippen LogP contribution in [0.1, 0.15) is 36.8 Å². The fourth-order valence-corrected chi connectivity index (χ4v) is 2.92.